The van der Waals surface area contributed by atoms with Crippen LogP contribution < -0.4 is 45.4 Å². The molecule has 0 saturated heterocycles. The molecule has 0 fully saturated rings. The summed E-state index contributed by atoms with van der Waals surface area (Å²) in [5.41, 5.74) is 23.8. The summed E-state index contributed by atoms with van der Waals surface area (Å²) in [6, 6.07) is 54.5. The van der Waals surface area contributed by atoms with Crippen molar-refractivity contribution < 1.29 is 74.1 Å². The van der Waals surface area contributed by atoms with Crippen molar-refractivity contribution in [3.8, 4) is 28.7 Å². The highest BCUT2D eigenvalue weighted by molar-refractivity contribution is 5.98. The summed E-state index contributed by atoms with van der Waals surface area (Å²) in [4.78, 5) is 85.3. The number of anilines is 1. The Morgan fingerprint density at radius 3 is 1.28 bits per heavy atom. The van der Waals surface area contributed by atoms with Gasteiger partial charge in [-0.2, -0.15) is 17.6 Å². The van der Waals surface area contributed by atoms with Gasteiger partial charge in [-0.25, -0.2) is 9.59 Å². The van der Waals surface area contributed by atoms with Crippen LogP contribution in [0.3, 0.4) is 0 Å². The van der Waals surface area contributed by atoms with Crippen molar-refractivity contribution in [1.29, 1.82) is 0 Å². The molecule has 0 bridgehead atoms. The lowest BCUT2D eigenvalue weighted by Crippen LogP contribution is -2.52. The average Bonchev–Trinajstić information content (AvgIpc) is 0.981. The number of fused-ring (bicyclic) bond motifs is 9. The van der Waals surface area contributed by atoms with Crippen molar-refractivity contribution in [2.75, 3.05) is 45.3 Å². The molecule has 0 spiro atoms. The van der Waals surface area contributed by atoms with Gasteiger partial charge in [-0.1, -0.05) is 216 Å². The predicted molar refractivity (Wildman–Crippen MR) is 570 cm³/mol. The Kier molecular flexibility index (Phi) is 40.9. The molecule has 23 heteroatoms. The summed E-state index contributed by atoms with van der Waals surface area (Å²) >= 11 is 0. The largest absolute Gasteiger partial charge is 0.507 e. The number of ether oxygens (including phenoxy) is 5. The van der Waals surface area contributed by atoms with Gasteiger partial charge in [0.2, 0.25) is 5.91 Å². The number of halogens is 4. The zero-order chi connectivity index (χ0) is 106. The average molecular weight is 1980 g/mol. The topological polar surface area (TPSA) is 220 Å². The second-order valence-electron chi connectivity index (χ2n) is 43.8. The Morgan fingerprint density at radius 1 is 0.361 bits per heavy atom. The zero-order valence-electron chi connectivity index (χ0n) is 89.9. The van der Waals surface area contributed by atoms with E-state index in [1.54, 1.807) is 20.1 Å². The van der Waals surface area contributed by atoms with Crippen LogP contribution >= 0.6 is 0 Å². The van der Waals surface area contributed by atoms with Gasteiger partial charge < -0.3 is 47.6 Å². The number of benzene rings is 9. The number of aromatic nitrogens is 2. The number of amides is 3. The summed E-state index contributed by atoms with van der Waals surface area (Å²) < 4.78 is 90.2. The van der Waals surface area contributed by atoms with Crippen LogP contribution in [0.4, 0.5) is 23.2 Å². The van der Waals surface area contributed by atoms with Gasteiger partial charge in [0.1, 0.15) is 24.7 Å². The van der Waals surface area contributed by atoms with Crippen molar-refractivity contribution in [2.45, 2.75) is 299 Å². The number of carbonyl (C=O) groups excluding carboxylic acids is 5. The van der Waals surface area contributed by atoms with Gasteiger partial charge >= 0.3 is 23.7 Å². The molecule has 18 rings (SSSR count). The molecule has 1 aliphatic carbocycles. The standard InChI is InChI=1S/C15H20O2.C14H19NO2.2C14H19NO.C14H18O.C13H17NO2.C13H17NO.C12H12F4O2.C12H16O2/c1-10(2)7-11-5-6-13-12(8-11)9-14(16)15(3,4)17-13;1-9(2)7-11-5-6-13-12(8-11)15(10(3)4)14(16)17-13;1-10(2)8-11-4-5-12-6-7-15(3)14(16)13(12)9-11;1-10(2)8-11-4-5-12-6-7-14(16)15(3)13(12)9-11;1-10(2)7-11-3-4-12-5-6-14(15)9-13(12)8-11;1-4-14-11-8-10(7-9(2)3)5-6-12(11)16-13(14)15;1-9(2)7-10-3-4-11-5-6-14-13(15)12(11)8-10;1-7(2)5-8-3-4-9-10(6-8)18-12(15,16)11(13,14)17-9;1-9(2)7-10-3-4-11-12(8-10)14-6-5-13-11/h5-6,8,10H,7,9H2,1-4H3;5-6,8-10H,7H2,1-4H3;2*4-5,9-10H,6-8H2,1-3H3;3-4,8,10H,5-7,9H2,1-2H3;5-6,8-9H,4,7H2,1-3H3;3-4,8-9H,5-7H2,1-2H3,(H,14,15);3-4,6-7H,5H2,1-2H3;3-4,8-9H,5-7H2,1-2H3. The SMILES string of the molecule is CC(C)Cc1ccc2c(c1)C(=O)N(C)CC2.CC(C)Cc1ccc2c(c1)C(=O)NCC2.CC(C)Cc1ccc2c(c1)CC(=O)C(C)(C)O2.CC(C)Cc1ccc2c(c1)CC(=O)CC2.CC(C)Cc1ccc2c(c1)N(C)C(=O)CC2.CC(C)Cc1ccc2c(c1)OC(F)(F)C(F)(F)O2.CC(C)Cc1ccc2c(c1)OCCO2.CC(C)Cc1ccc2oc(=O)n(C(C)C)c2c1.CCn1c(=O)oc2ccc(CC(C)C)cc21. The van der Waals surface area contributed by atoms with Gasteiger partial charge in [0, 0.05) is 87.8 Å². The number of oxazole rings is 2. The first-order valence-corrected chi connectivity index (χ1v) is 52.0. The van der Waals surface area contributed by atoms with Gasteiger partial charge in [-0.3, -0.25) is 33.1 Å². The Labute approximate surface area is 851 Å². The van der Waals surface area contributed by atoms with E-state index in [0.717, 1.165) is 153 Å². The van der Waals surface area contributed by atoms with Crippen molar-refractivity contribution in [2.24, 2.45) is 53.3 Å². The van der Waals surface area contributed by atoms with Crippen molar-refractivity contribution in [3.05, 3.63) is 279 Å². The molecule has 778 valence electrons. The Bertz CT molecular complexity index is 6320. The lowest BCUT2D eigenvalue weighted by molar-refractivity contribution is -0.391. The molecule has 0 radical (unpaired) electrons. The van der Waals surface area contributed by atoms with Crippen molar-refractivity contribution >= 4 is 57.2 Å². The van der Waals surface area contributed by atoms with Crippen LogP contribution in [0.1, 0.15) is 282 Å². The number of hydrogen-bond acceptors (Lipinski definition) is 14. The molecule has 0 atom stereocenters. The maximum atomic E-state index is 13.0. The van der Waals surface area contributed by atoms with Crippen LogP contribution in [0.25, 0.3) is 22.2 Å². The fraction of sp³-hybridized carbons (Fsp3) is 0.496. The first kappa shape index (κ1) is 114. The molecule has 9 aromatic carbocycles. The summed E-state index contributed by atoms with van der Waals surface area (Å²) in [7, 11) is 3.75. The second-order valence-corrected chi connectivity index (χ2v) is 43.8. The summed E-state index contributed by atoms with van der Waals surface area (Å²) in [5.74, 6) is 7.87. The molecule has 144 heavy (non-hydrogen) atoms. The number of likely N-dealkylation sites (N-methyl/N-ethyl adjacent to an activating group) is 1. The van der Waals surface area contributed by atoms with Gasteiger partial charge in [0.25, 0.3) is 11.8 Å². The van der Waals surface area contributed by atoms with Crippen molar-refractivity contribution in [1.82, 2.24) is 19.4 Å². The van der Waals surface area contributed by atoms with E-state index in [1.807, 2.05) is 110 Å². The van der Waals surface area contributed by atoms with Crippen LogP contribution in [0.15, 0.2) is 182 Å². The van der Waals surface area contributed by atoms with Gasteiger partial charge in [-0.05, 0) is 322 Å². The van der Waals surface area contributed by atoms with E-state index >= 15 is 0 Å². The predicted octanol–water partition coefficient (Wildman–Crippen LogP) is 26.3. The van der Waals surface area contributed by atoms with Crippen LogP contribution in [0.5, 0.6) is 28.7 Å². The van der Waals surface area contributed by atoms with E-state index in [2.05, 4.69) is 229 Å². The van der Waals surface area contributed by atoms with Crippen LogP contribution in [-0.4, -0.2) is 102 Å². The molecule has 3 amide bonds. The van der Waals surface area contributed by atoms with E-state index in [4.69, 9.17) is 23.0 Å². The summed E-state index contributed by atoms with van der Waals surface area (Å²) in [6.07, 6.45) is 6.10. The van der Waals surface area contributed by atoms with E-state index < -0.39 is 17.8 Å². The third kappa shape index (κ3) is 32.7. The lowest BCUT2D eigenvalue weighted by atomic mass is 9.88. The van der Waals surface area contributed by atoms with Crippen LogP contribution in [-0.2, 0) is 117 Å². The number of nitrogens with one attached hydrogen (secondary N) is 1. The summed E-state index contributed by atoms with van der Waals surface area (Å²) in [5, 5.41) is 2.88. The molecular formula is C121H157F4N5O14. The minimum atomic E-state index is -4.66. The molecule has 1 N–H and O–H groups in total. The zero-order valence-corrected chi connectivity index (χ0v) is 89.9. The fourth-order valence-corrected chi connectivity index (χ4v) is 18.6. The Hall–Kier alpha value is -12.0. The first-order valence-electron chi connectivity index (χ1n) is 52.0. The number of alkyl halides is 4. The molecule has 2 aromatic heterocycles. The van der Waals surface area contributed by atoms with Crippen LogP contribution in [0, 0.1) is 53.3 Å². The molecule has 8 heterocycles. The van der Waals surface area contributed by atoms with Crippen molar-refractivity contribution in [3.63, 3.8) is 0 Å². The molecule has 7 aliphatic rings. The highest BCUT2D eigenvalue weighted by atomic mass is 19.3. The third-order valence-electron chi connectivity index (χ3n) is 25.4. The molecular weight excluding hydrogens is 1820 g/mol. The quantitative estimate of drug-likeness (QED) is 0.0702. The number of nitrogens with zero attached hydrogens (tertiary/aromatic N) is 4. The van der Waals surface area contributed by atoms with Gasteiger partial charge in [0.05, 0.1) is 11.0 Å². The molecule has 6 aliphatic heterocycles. The molecule has 0 saturated carbocycles. The van der Waals surface area contributed by atoms with E-state index in [1.165, 1.54) is 84.5 Å². The third-order valence-corrected chi connectivity index (χ3v) is 25.4. The number of rotatable bonds is 20. The number of Topliss-reactive ketones (excluding diaryl/α,β-unsaturated/α-hetero) is 2. The van der Waals surface area contributed by atoms with E-state index in [9.17, 15) is 51.1 Å². The minimum Gasteiger partial charge on any atom is -0.486 e. The number of aryl methyl sites for hydroxylation is 3. The maximum Gasteiger partial charge on any atom is 0.507 e. The summed E-state index contributed by atoms with van der Waals surface area (Å²) in [6.45, 7) is 52.4. The smallest absolute Gasteiger partial charge is 0.486 e. The van der Waals surface area contributed by atoms with Gasteiger partial charge in [-0.15, -0.1) is 0 Å². The number of carbonyl (C=O) groups is 5. The monoisotopic (exact) mass is 1980 g/mol. The molecule has 19 nitrogen and oxygen atoms in total. The lowest BCUT2D eigenvalue weighted by Gasteiger charge is -2.32. The fourth-order valence-electron chi connectivity index (χ4n) is 18.6. The number of hydrogen-bond donors (Lipinski definition) is 1. The molecule has 0 unspecified atom stereocenters. The minimum absolute atomic E-state index is 0.0851. The van der Waals surface area contributed by atoms with E-state index in [0.29, 0.717) is 116 Å². The number of ketones is 2. The maximum absolute atomic E-state index is 13.0. The highest BCUT2D eigenvalue weighted by Gasteiger charge is 2.66. The highest BCUT2D eigenvalue weighted by Crippen LogP contribution is 2.48. The Morgan fingerprint density at radius 2 is 0.764 bits per heavy atom. The normalized spacial score (nSPS) is 15.3. The molecule has 11 aromatic rings. The Balaban J connectivity index is 0.000000166. The van der Waals surface area contributed by atoms with Crippen LogP contribution in [0.2, 0.25) is 0 Å². The second kappa shape index (κ2) is 51.7. The first-order chi connectivity index (χ1) is 67.9. The van der Waals surface area contributed by atoms with Gasteiger partial charge in [0.15, 0.2) is 45.5 Å². The van der Waals surface area contributed by atoms with E-state index in [-0.39, 0.29) is 52.6 Å².